The summed E-state index contributed by atoms with van der Waals surface area (Å²) in [6.45, 7) is 5.52. The van der Waals surface area contributed by atoms with Crippen LogP contribution in [0.25, 0.3) is 0 Å². The molecule has 0 saturated heterocycles. The Morgan fingerprint density at radius 1 is 1.43 bits per heavy atom. The van der Waals surface area contributed by atoms with Crippen LogP contribution in [0.3, 0.4) is 0 Å². The van der Waals surface area contributed by atoms with Crippen LogP contribution in [0, 0.1) is 0 Å². The Kier molecular flexibility index (Phi) is 3.46. The molecule has 2 nitrogen and oxygen atoms in total. The first-order chi connectivity index (χ1) is 6.61. The summed E-state index contributed by atoms with van der Waals surface area (Å²) in [6.07, 6.45) is 0.499. The molecule has 1 rings (SSSR count). The normalized spacial score (nSPS) is 12.1. The van der Waals surface area contributed by atoms with Crippen molar-refractivity contribution < 1.29 is 9.90 Å². The number of carboxylic acids is 1. The second kappa shape index (κ2) is 4.61. The number of aliphatic carboxylic acids is 1. The lowest BCUT2D eigenvalue weighted by Crippen LogP contribution is -2.03. The lowest BCUT2D eigenvalue weighted by molar-refractivity contribution is -0.132. The molecule has 0 heterocycles. The molecular weight excluding hydrogens is 176 g/mol. The summed E-state index contributed by atoms with van der Waals surface area (Å²) in [7, 11) is 0. The number of carbonyl (C=O) groups is 1. The molecule has 0 saturated carbocycles. The zero-order valence-electron chi connectivity index (χ0n) is 8.23. The third-order valence-corrected chi connectivity index (χ3v) is 2.22. The van der Waals surface area contributed by atoms with Gasteiger partial charge in [-0.3, -0.25) is 0 Å². The second-order valence-electron chi connectivity index (χ2n) is 3.42. The minimum Gasteiger partial charge on any atom is -0.478 e. The van der Waals surface area contributed by atoms with E-state index in [0.29, 0.717) is 6.42 Å². The molecule has 1 atom stereocenters. The van der Waals surface area contributed by atoms with Gasteiger partial charge in [-0.2, -0.15) is 0 Å². The Labute approximate surface area is 83.9 Å². The van der Waals surface area contributed by atoms with E-state index < -0.39 is 5.97 Å². The zero-order valence-corrected chi connectivity index (χ0v) is 8.23. The van der Waals surface area contributed by atoms with Crippen LogP contribution in [-0.4, -0.2) is 11.1 Å². The van der Waals surface area contributed by atoms with Crippen molar-refractivity contribution in [2.75, 3.05) is 0 Å². The van der Waals surface area contributed by atoms with Crippen molar-refractivity contribution in [3.8, 4) is 0 Å². The largest absolute Gasteiger partial charge is 0.478 e. The number of hydrogen-bond donors (Lipinski definition) is 1. The van der Waals surface area contributed by atoms with E-state index in [2.05, 4.69) is 6.58 Å². The predicted octanol–water partition coefficient (Wildman–Crippen LogP) is 2.82. The highest BCUT2D eigenvalue weighted by Gasteiger charge is 2.10. The third-order valence-electron chi connectivity index (χ3n) is 2.22. The fourth-order valence-corrected chi connectivity index (χ4v) is 1.36. The Hall–Kier alpha value is -1.57. The highest BCUT2D eigenvalue weighted by molar-refractivity contribution is 5.85. The quantitative estimate of drug-likeness (QED) is 0.741. The molecule has 2 heteroatoms. The molecule has 0 bridgehead atoms. The van der Waals surface area contributed by atoms with Crippen LogP contribution in [0.1, 0.15) is 24.8 Å². The fraction of sp³-hybridized carbons (Fsp3) is 0.250. The topological polar surface area (TPSA) is 37.3 Å². The van der Waals surface area contributed by atoms with E-state index in [-0.39, 0.29) is 11.5 Å². The summed E-state index contributed by atoms with van der Waals surface area (Å²) in [5.41, 5.74) is 1.41. The number of hydrogen-bond acceptors (Lipinski definition) is 1. The van der Waals surface area contributed by atoms with E-state index in [1.165, 1.54) is 0 Å². The van der Waals surface area contributed by atoms with Gasteiger partial charge in [-0.15, -0.1) is 0 Å². The highest BCUT2D eigenvalue weighted by Crippen LogP contribution is 2.21. The molecule has 1 unspecified atom stereocenters. The van der Waals surface area contributed by atoms with Crippen molar-refractivity contribution in [1.29, 1.82) is 0 Å². The van der Waals surface area contributed by atoms with Gasteiger partial charge in [0.15, 0.2) is 0 Å². The van der Waals surface area contributed by atoms with Crippen LogP contribution in [0.2, 0.25) is 0 Å². The molecule has 1 N–H and O–H groups in total. The van der Waals surface area contributed by atoms with Crippen molar-refractivity contribution in [3.05, 3.63) is 48.0 Å². The van der Waals surface area contributed by atoms with Gasteiger partial charge < -0.3 is 5.11 Å². The summed E-state index contributed by atoms with van der Waals surface area (Å²) in [5, 5.41) is 8.68. The van der Waals surface area contributed by atoms with Crippen molar-refractivity contribution in [2.45, 2.75) is 19.3 Å². The van der Waals surface area contributed by atoms with Crippen LogP contribution in [0.15, 0.2) is 42.5 Å². The molecule has 0 fully saturated rings. The summed E-state index contributed by atoms with van der Waals surface area (Å²) >= 11 is 0. The molecular formula is C12H14O2. The summed E-state index contributed by atoms with van der Waals surface area (Å²) in [5.74, 6) is -0.701. The molecule has 0 amide bonds. The monoisotopic (exact) mass is 190 g/mol. The Balaban J connectivity index is 2.64. The maximum atomic E-state index is 10.6. The summed E-state index contributed by atoms with van der Waals surface area (Å²) in [6, 6.07) is 9.85. The van der Waals surface area contributed by atoms with Crippen molar-refractivity contribution in [2.24, 2.45) is 0 Å². The lowest BCUT2D eigenvalue weighted by Gasteiger charge is -2.10. The first-order valence-corrected chi connectivity index (χ1v) is 4.57. The molecule has 14 heavy (non-hydrogen) atoms. The number of benzene rings is 1. The van der Waals surface area contributed by atoms with Gasteiger partial charge in [0.05, 0.1) is 0 Å². The van der Waals surface area contributed by atoms with Gasteiger partial charge in [0.2, 0.25) is 0 Å². The molecule has 0 aliphatic heterocycles. The summed E-state index contributed by atoms with van der Waals surface area (Å²) in [4.78, 5) is 10.6. The van der Waals surface area contributed by atoms with Crippen LogP contribution >= 0.6 is 0 Å². The van der Waals surface area contributed by atoms with Crippen LogP contribution in [0.5, 0.6) is 0 Å². The van der Waals surface area contributed by atoms with Crippen molar-refractivity contribution >= 4 is 5.97 Å². The van der Waals surface area contributed by atoms with Gasteiger partial charge in [-0.25, -0.2) is 4.79 Å². The molecule has 0 radical (unpaired) electrons. The number of carboxylic acid groups (broad SMARTS) is 1. The first-order valence-electron chi connectivity index (χ1n) is 4.57. The molecule has 0 spiro atoms. The molecule has 74 valence electrons. The van der Waals surface area contributed by atoms with Gasteiger partial charge in [0, 0.05) is 5.57 Å². The second-order valence-corrected chi connectivity index (χ2v) is 3.42. The van der Waals surface area contributed by atoms with E-state index in [1.807, 2.05) is 37.3 Å². The molecule has 0 aliphatic rings. The zero-order chi connectivity index (χ0) is 10.6. The van der Waals surface area contributed by atoms with Gasteiger partial charge in [0.1, 0.15) is 0 Å². The highest BCUT2D eigenvalue weighted by atomic mass is 16.4. The van der Waals surface area contributed by atoms with Crippen LogP contribution in [0.4, 0.5) is 0 Å². The number of rotatable bonds is 4. The first kappa shape index (κ1) is 10.5. The van der Waals surface area contributed by atoms with Crippen molar-refractivity contribution in [3.63, 3.8) is 0 Å². The molecule has 0 aliphatic carbocycles. The van der Waals surface area contributed by atoms with Crippen LogP contribution < -0.4 is 0 Å². The maximum Gasteiger partial charge on any atom is 0.330 e. The van der Waals surface area contributed by atoms with E-state index in [0.717, 1.165) is 5.56 Å². The van der Waals surface area contributed by atoms with E-state index in [1.54, 1.807) is 0 Å². The predicted molar refractivity (Wildman–Crippen MR) is 56.2 cm³/mol. The maximum absolute atomic E-state index is 10.6. The minimum absolute atomic E-state index is 0.208. The van der Waals surface area contributed by atoms with Crippen LogP contribution in [-0.2, 0) is 4.79 Å². The average Bonchev–Trinajstić information content (AvgIpc) is 2.19. The third kappa shape index (κ3) is 2.73. The molecule has 0 aromatic heterocycles. The van der Waals surface area contributed by atoms with E-state index in [9.17, 15) is 4.79 Å². The smallest absolute Gasteiger partial charge is 0.330 e. The van der Waals surface area contributed by atoms with Gasteiger partial charge in [-0.05, 0) is 17.9 Å². The average molecular weight is 190 g/mol. The van der Waals surface area contributed by atoms with Gasteiger partial charge in [0.25, 0.3) is 0 Å². The van der Waals surface area contributed by atoms with Gasteiger partial charge in [-0.1, -0.05) is 43.8 Å². The Morgan fingerprint density at radius 2 is 2.00 bits per heavy atom. The summed E-state index contributed by atoms with van der Waals surface area (Å²) < 4.78 is 0. The standard InChI is InChI=1S/C12H14O2/c1-9(8-10(2)12(13)14)11-6-4-3-5-7-11/h3-7,9H,2,8H2,1H3,(H,13,14). The van der Waals surface area contributed by atoms with Gasteiger partial charge >= 0.3 is 5.97 Å². The SMILES string of the molecule is C=C(CC(C)c1ccccc1)C(=O)O. The molecule has 1 aromatic rings. The molecule has 1 aromatic carbocycles. The van der Waals surface area contributed by atoms with E-state index in [4.69, 9.17) is 5.11 Å². The Morgan fingerprint density at radius 3 is 2.50 bits per heavy atom. The minimum atomic E-state index is -0.909. The Bertz CT molecular complexity index is 327. The van der Waals surface area contributed by atoms with Crippen molar-refractivity contribution in [1.82, 2.24) is 0 Å². The fourth-order valence-electron chi connectivity index (χ4n) is 1.36. The lowest BCUT2D eigenvalue weighted by atomic mass is 9.94. The van der Waals surface area contributed by atoms with E-state index >= 15 is 0 Å².